The topological polar surface area (TPSA) is 129 Å². The zero-order chi connectivity index (χ0) is 24.1. The van der Waals surface area contributed by atoms with Crippen molar-refractivity contribution in [1.29, 1.82) is 0 Å². The van der Waals surface area contributed by atoms with Gasteiger partial charge in [0.2, 0.25) is 0 Å². The Kier molecular flexibility index (Phi) is 6.83. The number of nitrogens with zero attached hydrogens (tertiary/aromatic N) is 4. The molecule has 1 aromatic heterocycles. The number of aromatic nitrogens is 2. The predicted molar refractivity (Wildman–Crippen MR) is 123 cm³/mol. The van der Waals surface area contributed by atoms with Gasteiger partial charge in [0.1, 0.15) is 5.82 Å². The van der Waals surface area contributed by atoms with Crippen LogP contribution in [0.3, 0.4) is 0 Å². The summed E-state index contributed by atoms with van der Waals surface area (Å²) >= 11 is 0. The number of para-hydroxylation sites is 1. The van der Waals surface area contributed by atoms with E-state index < -0.39 is 23.4 Å². The second-order valence-corrected chi connectivity index (χ2v) is 7.60. The molecule has 1 aliphatic rings. The van der Waals surface area contributed by atoms with Crippen LogP contribution in [0.15, 0.2) is 54.6 Å². The van der Waals surface area contributed by atoms with Crippen molar-refractivity contribution in [2.75, 3.05) is 43.1 Å². The number of non-ortho nitro benzene ring substituents is 1. The number of amides is 1. The minimum atomic E-state index is -0.826. The zero-order valence-electron chi connectivity index (χ0n) is 18.5. The summed E-state index contributed by atoms with van der Waals surface area (Å²) in [5.74, 6) is -0.967. The van der Waals surface area contributed by atoms with E-state index in [0.717, 1.165) is 5.69 Å². The fourth-order valence-electron chi connectivity index (χ4n) is 3.62. The van der Waals surface area contributed by atoms with Gasteiger partial charge >= 0.3 is 5.97 Å². The minimum Gasteiger partial charge on any atom is -0.452 e. The van der Waals surface area contributed by atoms with Crippen molar-refractivity contribution in [3.05, 3.63) is 76.0 Å². The Morgan fingerprint density at radius 3 is 2.59 bits per heavy atom. The van der Waals surface area contributed by atoms with Crippen LogP contribution in [0.1, 0.15) is 16.1 Å². The molecule has 2 aromatic carbocycles. The summed E-state index contributed by atoms with van der Waals surface area (Å²) in [6.07, 6.45) is 0. The molecule has 0 saturated carbocycles. The van der Waals surface area contributed by atoms with Crippen LogP contribution in [0.5, 0.6) is 0 Å². The highest BCUT2D eigenvalue weighted by molar-refractivity contribution is 5.99. The molecule has 2 heterocycles. The Morgan fingerprint density at radius 2 is 1.88 bits per heavy atom. The Balaban J connectivity index is 1.47. The molecule has 11 nitrogen and oxygen atoms in total. The van der Waals surface area contributed by atoms with Gasteiger partial charge in [0.15, 0.2) is 6.61 Å². The number of nitro groups is 1. The van der Waals surface area contributed by atoms with Crippen LogP contribution in [0, 0.1) is 17.0 Å². The smallest absolute Gasteiger partial charge is 0.341 e. The van der Waals surface area contributed by atoms with E-state index in [0.29, 0.717) is 43.5 Å². The molecule has 1 amide bonds. The number of esters is 1. The molecule has 0 aliphatic carbocycles. The summed E-state index contributed by atoms with van der Waals surface area (Å²) in [6.45, 7) is 3.24. The Labute approximate surface area is 195 Å². The first-order valence-corrected chi connectivity index (χ1v) is 10.6. The number of benzene rings is 2. The van der Waals surface area contributed by atoms with Gasteiger partial charge in [-0.05, 0) is 25.1 Å². The number of aryl methyl sites for hydroxylation is 1. The quantitative estimate of drug-likeness (QED) is 0.320. The van der Waals surface area contributed by atoms with E-state index in [1.54, 1.807) is 17.7 Å². The van der Waals surface area contributed by atoms with Crippen LogP contribution < -0.4 is 10.2 Å². The molecule has 0 atom stereocenters. The summed E-state index contributed by atoms with van der Waals surface area (Å²) in [4.78, 5) is 37.9. The molecule has 176 valence electrons. The van der Waals surface area contributed by atoms with Crippen LogP contribution in [0.4, 0.5) is 17.2 Å². The maximum absolute atomic E-state index is 12.8. The molecule has 0 bridgehead atoms. The second-order valence-electron chi connectivity index (χ2n) is 7.60. The number of carbonyl (C=O) groups excluding carboxylic acids is 2. The molecule has 1 aliphatic heterocycles. The first-order chi connectivity index (χ1) is 16.4. The first-order valence-electron chi connectivity index (χ1n) is 10.6. The average molecular weight is 465 g/mol. The molecule has 34 heavy (non-hydrogen) atoms. The van der Waals surface area contributed by atoms with E-state index in [2.05, 4.69) is 10.4 Å². The number of hydrogen-bond donors (Lipinski definition) is 1. The third-order valence-electron chi connectivity index (χ3n) is 5.20. The van der Waals surface area contributed by atoms with Crippen molar-refractivity contribution in [3.63, 3.8) is 0 Å². The lowest BCUT2D eigenvalue weighted by Gasteiger charge is -2.30. The van der Waals surface area contributed by atoms with Gasteiger partial charge in [-0.25, -0.2) is 9.48 Å². The van der Waals surface area contributed by atoms with E-state index in [1.807, 2.05) is 35.2 Å². The largest absolute Gasteiger partial charge is 0.452 e. The van der Waals surface area contributed by atoms with Crippen molar-refractivity contribution in [2.45, 2.75) is 6.92 Å². The predicted octanol–water partition coefficient (Wildman–Crippen LogP) is 2.72. The number of hydrogen-bond acceptors (Lipinski definition) is 8. The highest BCUT2D eigenvalue weighted by Crippen LogP contribution is 2.27. The summed E-state index contributed by atoms with van der Waals surface area (Å²) in [6, 6.07) is 15.0. The fourth-order valence-corrected chi connectivity index (χ4v) is 3.62. The van der Waals surface area contributed by atoms with Gasteiger partial charge in [0.25, 0.3) is 11.6 Å². The summed E-state index contributed by atoms with van der Waals surface area (Å²) in [7, 11) is 0. The number of nitro benzene ring substituents is 1. The van der Waals surface area contributed by atoms with Crippen LogP contribution in [0.2, 0.25) is 0 Å². The first kappa shape index (κ1) is 22.9. The molecule has 0 radical (unpaired) electrons. The fraction of sp³-hybridized carbons (Fsp3) is 0.261. The number of rotatable bonds is 7. The maximum Gasteiger partial charge on any atom is 0.341 e. The van der Waals surface area contributed by atoms with Crippen LogP contribution in [-0.4, -0.2) is 59.5 Å². The van der Waals surface area contributed by atoms with Gasteiger partial charge in [0.05, 0.1) is 40.8 Å². The molecular weight excluding hydrogens is 442 g/mol. The Bertz CT molecular complexity index is 1200. The highest BCUT2D eigenvalue weighted by Gasteiger charge is 2.24. The number of ether oxygens (including phenoxy) is 2. The molecule has 1 N–H and O–H groups in total. The van der Waals surface area contributed by atoms with Crippen LogP contribution in [0.25, 0.3) is 5.69 Å². The molecule has 1 saturated heterocycles. The van der Waals surface area contributed by atoms with E-state index in [9.17, 15) is 19.7 Å². The second kappa shape index (κ2) is 10.1. The van der Waals surface area contributed by atoms with Crippen molar-refractivity contribution >= 4 is 29.1 Å². The van der Waals surface area contributed by atoms with Gasteiger partial charge in [-0.1, -0.05) is 18.2 Å². The SMILES string of the molecule is Cc1cc(NC(=O)COC(=O)c2cc([N+](=O)[O-])ccc2N2CCOCC2)n(-c2ccccc2)n1. The Morgan fingerprint density at radius 1 is 1.15 bits per heavy atom. The summed E-state index contributed by atoms with van der Waals surface area (Å²) in [5.41, 5.74) is 1.74. The van der Waals surface area contributed by atoms with E-state index in [4.69, 9.17) is 9.47 Å². The summed E-state index contributed by atoms with van der Waals surface area (Å²) < 4.78 is 12.1. The lowest BCUT2D eigenvalue weighted by molar-refractivity contribution is -0.384. The monoisotopic (exact) mass is 465 g/mol. The molecule has 4 rings (SSSR count). The number of nitrogens with one attached hydrogen (secondary N) is 1. The Hall–Kier alpha value is -4.25. The van der Waals surface area contributed by atoms with Crippen molar-refractivity contribution in [3.8, 4) is 5.69 Å². The van der Waals surface area contributed by atoms with E-state index in [-0.39, 0.29) is 11.3 Å². The zero-order valence-corrected chi connectivity index (χ0v) is 18.5. The van der Waals surface area contributed by atoms with Gasteiger partial charge in [0, 0.05) is 31.3 Å². The van der Waals surface area contributed by atoms with Crippen LogP contribution >= 0.6 is 0 Å². The number of morpholine rings is 1. The van der Waals surface area contributed by atoms with Crippen molar-refractivity contribution < 1.29 is 24.0 Å². The van der Waals surface area contributed by atoms with Gasteiger partial charge < -0.3 is 19.7 Å². The third-order valence-corrected chi connectivity index (χ3v) is 5.20. The van der Waals surface area contributed by atoms with Crippen molar-refractivity contribution in [2.24, 2.45) is 0 Å². The lowest BCUT2D eigenvalue weighted by Crippen LogP contribution is -2.37. The van der Waals surface area contributed by atoms with Gasteiger partial charge in [-0.15, -0.1) is 0 Å². The molecular formula is C23H23N5O6. The average Bonchev–Trinajstić information content (AvgIpc) is 3.22. The molecule has 0 spiro atoms. The lowest BCUT2D eigenvalue weighted by atomic mass is 10.1. The van der Waals surface area contributed by atoms with Gasteiger partial charge in [-0.3, -0.25) is 14.9 Å². The van der Waals surface area contributed by atoms with E-state index >= 15 is 0 Å². The van der Waals surface area contributed by atoms with E-state index in [1.165, 1.54) is 18.2 Å². The maximum atomic E-state index is 12.8. The normalized spacial score (nSPS) is 13.4. The molecule has 1 fully saturated rings. The molecule has 3 aromatic rings. The van der Waals surface area contributed by atoms with Gasteiger partial charge in [-0.2, -0.15) is 5.10 Å². The summed E-state index contributed by atoms with van der Waals surface area (Å²) in [5, 5.41) is 18.3. The number of carbonyl (C=O) groups is 2. The third kappa shape index (κ3) is 5.21. The minimum absolute atomic E-state index is 0.0223. The van der Waals surface area contributed by atoms with Crippen molar-refractivity contribution in [1.82, 2.24) is 9.78 Å². The molecule has 0 unspecified atom stereocenters. The standard InChI is InChI=1S/C23H23N5O6/c1-16-13-21(27(25-16)17-5-3-2-4-6-17)24-22(29)15-34-23(30)19-14-18(28(31)32)7-8-20(19)26-9-11-33-12-10-26/h2-8,13-14H,9-12,15H2,1H3,(H,24,29). The highest BCUT2D eigenvalue weighted by atomic mass is 16.6. The van der Waals surface area contributed by atoms with Crippen LogP contribution in [-0.2, 0) is 14.3 Å². The number of anilines is 2. The molecule has 11 heteroatoms.